The van der Waals surface area contributed by atoms with E-state index in [1.54, 1.807) is 0 Å². The van der Waals surface area contributed by atoms with Crippen molar-refractivity contribution in [2.24, 2.45) is 11.8 Å². The monoisotopic (exact) mass is 294 g/mol. The van der Waals surface area contributed by atoms with Crippen LogP contribution in [0.2, 0.25) is 0 Å². The number of amides is 2. The molecule has 0 radical (unpaired) electrons. The van der Waals surface area contributed by atoms with Crippen molar-refractivity contribution in [1.29, 1.82) is 0 Å². The van der Waals surface area contributed by atoms with Gasteiger partial charge in [0.1, 0.15) is 0 Å². The minimum atomic E-state index is -0.325. The lowest BCUT2D eigenvalue weighted by molar-refractivity contribution is -0.145. The molecule has 3 rings (SSSR count). The Morgan fingerprint density at radius 2 is 1.76 bits per heavy atom. The molecule has 0 aromatic rings. The average Bonchev–Trinajstić information content (AvgIpc) is 3.28. The van der Waals surface area contributed by atoms with Crippen LogP contribution < -0.4 is 0 Å². The normalized spacial score (nSPS) is 27.1. The predicted octanol–water partition coefficient (Wildman–Crippen LogP) is 0.409. The van der Waals surface area contributed by atoms with Gasteiger partial charge in [-0.25, -0.2) is 0 Å². The van der Waals surface area contributed by atoms with Gasteiger partial charge >= 0.3 is 5.97 Å². The molecule has 6 nitrogen and oxygen atoms in total. The van der Waals surface area contributed by atoms with Crippen molar-refractivity contribution in [2.75, 3.05) is 26.7 Å². The maximum absolute atomic E-state index is 12.1. The van der Waals surface area contributed by atoms with Crippen molar-refractivity contribution in [2.45, 2.75) is 38.1 Å². The van der Waals surface area contributed by atoms with Crippen LogP contribution in [0.25, 0.3) is 0 Å². The summed E-state index contributed by atoms with van der Waals surface area (Å²) in [4.78, 5) is 39.4. The number of likely N-dealkylation sites (tertiary alicyclic amines) is 2. The molecule has 0 spiro atoms. The lowest BCUT2D eigenvalue weighted by atomic mass is 10.0. The first-order chi connectivity index (χ1) is 10.1. The largest absolute Gasteiger partial charge is 0.469 e. The van der Waals surface area contributed by atoms with E-state index in [0.717, 1.165) is 38.8 Å². The Labute approximate surface area is 124 Å². The summed E-state index contributed by atoms with van der Waals surface area (Å²) in [5.74, 6) is -0.0366. The van der Waals surface area contributed by atoms with E-state index in [9.17, 15) is 14.4 Å². The van der Waals surface area contributed by atoms with Crippen molar-refractivity contribution in [3.8, 4) is 0 Å². The van der Waals surface area contributed by atoms with Gasteiger partial charge in [0.15, 0.2) is 0 Å². The molecule has 1 unspecified atom stereocenters. The SMILES string of the molecule is COC(=O)C1CC(=O)N(C2CCN(C(=O)C3CC3)CC2)C1. The Hall–Kier alpha value is -1.59. The summed E-state index contributed by atoms with van der Waals surface area (Å²) in [5, 5.41) is 0. The van der Waals surface area contributed by atoms with Crippen molar-refractivity contribution in [3.05, 3.63) is 0 Å². The lowest BCUT2D eigenvalue weighted by Crippen LogP contribution is -2.47. The maximum Gasteiger partial charge on any atom is 0.310 e. The van der Waals surface area contributed by atoms with Crippen LogP contribution in [0.3, 0.4) is 0 Å². The van der Waals surface area contributed by atoms with Crippen molar-refractivity contribution in [3.63, 3.8) is 0 Å². The summed E-state index contributed by atoms with van der Waals surface area (Å²) in [6.07, 6.45) is 3.96. The van der Waals surface area contributed by atoms with E-state index < -0.39 is 0 Å². The first-order valence-corrected chi connectivity index (χ1v) is 7.76. The van der Waals surface area contributed by atoms with Gasteiger partial charge in [0.2, 0.25) is 11.8 Å². The van der Waals surface area contributed by atoms with Crippen LogP contribution in [-0.2, 0) is 19.1 Å². The molecule has 2 aliphatic heterocycles. The molecule has 0 N–H and O–H groups in total. The van der Waals surface area contributed by atoms with Crippen molar-refractivity contribution < 1.29 is 19.1 Å². The quantitative estimate of drug-likeness (QED) is 0.707. The van der Waals surface area contributed by atoms with Gasteiger partial charge in [0.05, 0.1) is 13.0 Å². The Kier molecular flexibility index (Phi) is 3.87. The van der Waals surface area contributed by atoms with Gasteiger partial charge in [-0.1, -0.05) is 0 Å². The van der Waals surface area contributed by atoms with Gasteiger partial charge in [-0.2, -0.15) is 0 Å². The van der Waals surface area contributed by atoms with E-state index in [1.807, 2.05) is 9.80 Å². The highest BCUT2D eigenvalue weighted by Gasteiger charge is 2.41. The van der Waals surface area contributed by atoms with Crippen molar-refractivity contribution in [1.82, 2.24) is 9.80 Å². The van der Waals surface area contributed by atoms with Crippen LogP contribution >= 0.6 is 0 Å². The van der Waals surface area contributed by atoms with Crippen molar-refractivity contribution >= 4 is 17.8 Å². The molecule has 1 aliphatic carbocycles. The Bertz CT molecular complexity index is 453. The minimum absolute atomic E-state index is 0.0392. The number of esters is 1. The molecule has 3 fully saturated rings. The number of methoxy groups -OCH3 is 1. The first kappa shape index (κ1) is 14.4. The number of hydrogen-bond acceptors (Lipinski definition) is 4. The first-order valence-electron chi connectivity index (χ1n) is 7.76. The summed E-state index contributed by atoms with van der Waals surface area (Å²) >= 11 is 0. The Morgan fingerprint density at radius 3 is 2.33 bits per heavy atom. The van der Waals surface area contributed by atoms with E-state index in [-0.39, 0.29) is 42.1 Å². The molecular weight excluding hydrogens is 272 g/mol. The van der Waals surface area contributed by atoms with Crippen LogP contribution in [0.15, 0.2) is 0 Å². The van der Waals surface area contributed by atoms with E-state index >= 15 is 0 Å². The van der Waals surface area contributed by atoms with Gasteiger partial charge in [-0.15, -0.1) is 0 Å². The average molecular weight is 294 g/mol. The third-order valence-corrected chi connectivity index (χ3v) is 4.84. The van der Waals surface area contributed by atoms with Gasteiger partial charge in [-0.3, -0.25) is 14.4 Å². The highest BCUT2D eigenvalue weighted by molar-refractivity contribution is 5.87. The molecule has 2 heterocycles. The number of rotatable bonds is 3. The van der Waals surface area contributed by atoms with E-state index in [4.69, 9.17) is 4.74 Å². The van der Waals surface area contributed by atoms with Gasteiger partial charge in [0, 0.05) is 38.0 Å². The van der Waals surface area contributed by atoms with Crippen LogP contribution in [0.4, 0.5) is 0 Å². The number of piperidine rings is 1. The topological polar surface area (TPSA) is 66.9 Å². The third-order valence-electron chi connectivity index (χ3n) is 4.84. The number of carbonyl (C=O) groups is 3. The summed E-state index contributed by atoms with van der Waals surface area (Å²) in [7, 11) is 1.36. The smallest absolute Gasteiger partial charge is 0.310 e. The molecule has 2 saturated heterocycles. The second-order valence-corrected chi connectivity index (χ2v) is 6.30. The zero-order chi connectivity index (χ0) is 15.0. The third kappa shape index (κ3) is 2.89. The van der Waals surface area contributed by atoms with Gasteiger partial charge in [-0.05, 0) is 25.7 Å². The molecule has 3 aliphatic rings. The van der Waals surface area contributed by atoms with Crippen LogP contribution in [0, 0.1) is 11.8 Å². The molecule has 6 heteroatoms. The van der Waals surface area contributed by atoms with E-state index in [2.05, 4.69) is 0 Å². The summed E-state index contributed by atoms with van der Waals surface area (Å²) in [6.45, 7) is 1.92. The maximum atomic E-state index is 12.1. The fraction of sp³-hybridized carbons (Fsp3) is 0.800. The fourth-order valence-corrected chi connectivity index (χ4v) is 3.40. The van der Waals surface area contributed by atoms with Gasteiger partial charge < -0.3 is 14.5 Å². The number of nitrogens with zero attached hydrogens (tertiary/aromatic N) is 2. The predicted molar refractivity (Wildman–Crippen MR) is 74.2 cm³/mol. The van der Waals surface area contributed by atoms with E-state index in [1.165, 1.54) is 7.11 Å². The number of carbonyl (C=O) groups excluding carboxylic acids is 3. The highest BCUT2D eigenvalue weighted by atomic mass is 16.5. The zero-order valence-electron chi connectivity index (χ0n) is 12.4. The standard InChI is InChI=1S/C15H22N2O4/c1-21-15(20)11-8-13(18)17(9-11)12-4-6-16(7-5-12)14(19)10-2-3-10/h10-12H,2-9H2,1H3. The second kappa shape index (κ2) is 5.66. The highest BCUT2D eigenvalue weighted by Crippen LogP contribution is 2.33. The van der Waals surface area contributed by atoms with Crippen LogP contribution in [0.5, 0.6) is 0 Å². The molecule has 1 atom stereocenters. The van der Waals surface area contributed by atoms with E-state index in [0.29, 0.717) is 6.54 Å². The van der Waals surface area contributed by atoms with Crippen LogP contribution in [0.1, 0.15) is 32.1 Å². The Morgan fingerprint density at radius 1 is 1.10 bits per heavy atom. The molecule has 21 heavy (non-hydrogen) atoms. The molecule has 0 aromatic carbocycles. The molecular formula is C15H22N2O4. The summed E-state index contributed by atoms with van der Waals surface area (Å²) < 4.78 is 4.73. The molecule has 0 bridgehead atoms. The van der Waals surface area contributed by atoms with Gasteiger partial charge in [0.25, 0.3) is 0 Å². The lowest BCUT2D eigenvalue weighted by Gasteiger charge is -2.37. The second-order valence-electron chi connectivity index (χ2n) is 6.30. The number of ether oxygens (including phenoxy) is 1. The molecule has 1 saturated carbocycles. The molecule has 116 valence electrons. The Balaban J connectivity index is 1.53. The zero-order valence-corrected chi connectivity index (χ0v) is 12.4. The molecule has 0 aromatic heterocycles. The molecule has 2 amide bonds. The summed E-state index contributed by atoms with van der Waals surface area (Å²) in [6, 6.07) is 0.162. The van der Waals surface area contributed by atoms with Crippen LogP contribution in [-0.4, -0.2) is 60.4 Å². The summed E-state index contributed by atoms with van der Waals surface area (Å²) in [5.41, 5.74) is 0. The number of hydrogen-bond donors (Lipinski definition) is 0. The fourth-order valence-electron chi connectivity index (χ4n) is 3.40. The minimum Gasteiger partial charge on any atom is -0.469 e.